The lowest BCUT2D eigenvalue weighted by Crippen LogP contribution is -2.27. The fraction of sp³-hybridized carbons (Fsp3) is 0.765. The molecule has 0 aliphatic heterocycles. The normalized spacial score (nSPS) is 22.1. The summed E-state index contributed by atoms with van der Waals surface area (Å²) in [4.78, 5) is 9.42. The van der Waals surface area contributed by atoms with Gasteiger partial charge in [-0.25, -0.2) is 9.97 Å². The number of nitrogens with one attached hydrogen (secondary N) is 2. The molecule has 1 aliphatic carbocycles. The van der Waals surface area contributed by atoms with Crippen molar-refractivity contribution in [3.8, 4) is 0 Å². The van der Waals surface area contributed by atoms with Gasteiger partial charge in [0.25, 0.3) is 0 Å². The molecule has 118 valence electrons. The topological polar surface area (TPSA) is 49.8 Å². The lowest BCUT2D eigenvalue weighted by atomic mass is 9.87. The number of hydrogen-bond acceptors (Lipinski definition) is 4. The Bertz CT molecular complexity index is 458. The fourth-order valence-electron chi connectivity index (χ4n) is 3.14. The van der Waals surface area contributed by atoms with Crippen LogP contribution in [0.2, 0.25) is 0 Å². The Morgan fingerprint density at radius 2 is 1.90 bits per heavy atom. The van der Waals surface area contributed by atoms with Crippen molar-refractivity contribution in [2.24, 2.45) is 5.92 Å². The van der Waals surface area contributed by atoms with Crippen LogP contribution in [0.15, 0.2) is 0 Å². The first-order valence-electron chi connectivity index (χ1n) is 8.51. The number of rotatable bonds is 6. The van der Waals surface area contributed by atoms with Crippen molar-refractivity contribution in [3.05, 3.63) is 11.4 Å². The molecule has 2 atom stereocenters. The first kappa shape index (κ1) is 16.1. The van der Waals surface area contributed by atoms with Crippen molar-refractivity contribution in [2.45, 2.75) is 72.3 Å². The minimum atomic E-state index is 0.561. The zero-order chi connectivity index (χ0) is 15.2. The standard InChI is InChI=1S/C17H30N4/c1-5-8-15-20-16(18-6-2)13(4)17(21-15)19-14-10-7-9-12(3)11-14/h12,14H,5-11H2,1-4H3,(H2,18,19,20,21). The van der Waals surface area contributed by atoms with E-state index in [1.807, 2.05) is 0 Å². The van der Waals surface area contributed by atoms with Gasteiger partial charge in [-0.3, -0.25) is 0 Å². The average Bonchev–Trinajstić information content (AvgIpc) is 2.44. The molecule has 2 unspecified atom stereocenters. The maximum Gasteiger partial charge on any atom is 0.134 e. The molecule has 0 saturated heterocycles. The molecule has 1 aliphatic rings. The molecular weight excluding hydrogens is 260 g/mol. The van der Waals surface area contributed by atoms with Crippen LogP contribution in [-0.4, -0.2) is 22.6 Å². The van der Waals surface area contributed by atoms with E-state index in [2.05, 4.69) is 43.3 Å². The molecule has 1 fully saturated rings. The van der Waals surface area contributed by atoms with Gasteiger partial charge in [-0.2, -0.15) is 0 Å². The third-order valence-electron chi connectivity index (χ3n) is 4.29. The first-order chi connectivity index (χ1) is 10.1. The van der Waals surface area contributed by atoms with Crippen molar-refractivity contribution in [1.29, 1.82) is 0 Å². The van der Waals surface area contributed by atoms with Crippen molar-refractivity contribution < 1.29 is 0 Å². The number of nitrogens with zero attached hydrogens (tertiary/aromatic N) is 2. The maximum absolute atomic E-state index is 4.76. The largest absolute Gasteiger partial charge is 0.370 e. The van der Waals surface area contributed by atoms with Gasteiger partial charge in [0, 0.05) is 24.6 Å². The van der Waals surface area contributed by atoms with Gasteiger partial charge in [0.1, 0.15) is 17.5 Å². The van der Waals surface area contributed by atoms with E-state index < -0.39 is 0 Å². The third kappa shape index (κ3) is 4.32. The Kier molecular flexibility index (Phi) is 5.83. The SMILES string of the molecule is CCCc1nc(NCC)c(C)c(NC2CCCC(C)C2)n1. The van der Waals surface area contributed by atoms with E-state index in [-0.39, 0.29) is 0 Å². The molecule has 2 N–H and O–H groups in total. The van der Waals surface area contributed by atoms with Crippen molar-refractivity contribution in [3.63, 3.8) is 0 Å². The van der Waals surface area contributed by atoms with E-state index in [4.69, 9.17) is 4.98 Å². The van der Waals surface area contributed by atoms with Crippen LogP contribution in [-0.2, 0) is 6.42 Å². The van der Waals surface area contributed by atoms with E-state index in [0.29, 0.717) is 6.04 Å². The predicted octanol–water partition coefficient (Wildman–Crippen LogP) is 4.16. The smallest absolute Gasteiger partial charge is 0.134 e. The van der Waals surface area contributed by atoms with Crippen LogP contribution < -0.4 is 10.6 Å². The zero-order valence-corrected chi connectivity index (χ0v) is 14.0. The zero-order valence-electron chi connectivity index (χ0n) is 14.0. The monoisotopic (exact) mass is 290 g/mol. The molecule has 1 saturated carbocycles. The van der Waals surface area contributed by atoms with E-state index in [0.717, 1.165) is 48.3 Å². The number of anilines is 2. The van der Waals surface area contributed by atoms with Gasteiger partial charge in [-0.15, -0.1) is 0 Å². The molecule has 4 nitrogen and oxygen atoms in total. The van der Waals surface area contributed by atoms with Gasteiger partial charge >= 0.3 is 0 Å². The van der Waals surface area contributed by atoms with Gasteiger partial charge in [0.2, 0.25) is 0 Å². The minimum absolute atomic E-state index is 0.561. The molecule has 1 aromatic rings. The van der Waals surface area contributed by atoms with Crippen molar-refractivity contribution >= 4 is 11.6 Å². The molecule has 0 bridgehead atoms. The highest BCUT2D eigenvalue weighted by Crippen LogP contribution is 2.28. The second-order valence-corrected chi connectivity index (χ2v) is 6.36. The number of aryl methyl sites for hydroxylation is 1. The fourth-order valence-corrected chi connectivity index (χ4v) is 3.14. The Balaban J connectivity index is 2.19. The van der Waals surface area contributed by atoms with Gasteiger partial charge < -0.3 is 10.6 Å². The summed E-state index contributed by atoms with van der Waals surface area (Å²) in [6.45, 7) is 9.64. The Hall–Kier alpha value is -1.32. The van der Waals surface area contributed by atoms with E-state index in [1.54, 1.807) is 0 Å². The van der Waals surface area contributed by atoms with Crippen molar-refractivity contribution in [1.82, 2.24) is 9.97 Å². The lowest BCUT2D eigenvalue weighted by Gasteiger charge is -2.28. The van der Waals surface area contributed by atoms with Crippen LogP contribution in [0.1, 0.15) is 64.3 Å². The van der Waals surface area contributed by atoms with E-state index in [9.17, 15) is 0 Å². The lowest BCUT2D eigenvalue weighted by molar-refractivity contribution is 0.358. The van der Waals surface area contributed by atoms with Crippen LogP contribution in [0.5, 0.6) is 0 Å². The van der Waals surface area contributed by atoms with Gasteiger partial charge in [-0.05, 0) is 39.0 Å². The Morgan fingerprint density at radius 3 is 2.57 bits per heavy atom. The molecule has 0 radical (unpaired) electrons. The third-order valence-corrected chi connectivity index (χ3v) is 4.29. The van der Waals surface area contributed by atoms with E-state index >= 15 is 0 Å². The summed E-state index contributed by atoms with van der Waals surface area (Å²) in [6, 6.07) is 0.561. The highest BCUT2D eigenvalue weighted by Gasteiger charge is 2.20. The molecule has 21 heavy (non-hydrogen) atoms. The first-order valence-corrected chi connectivity index (χ1v) is 8.51. The summed E-state index contributed by atoms with van der Waals surface area (Å²) in [5, 5.41) is 7.06. The highest BCUT2D eigenvalue weighted by molar-refractivity contribution is 5.57. The van der Waals surface area contributed by atoms with Crippen LogP contribution in [0.3, 0.4) is 0 Å². The second kappa shape index (κ2) is 7.62. The molecule has 1 aromatic heterocycles. The van der Waals surface area contributed by atoms with Gasteiger partial charge in [-0.1, -0.05) is 26.7 Å². The summed E-state index contributed by atoms with van der Waals surface area (Å²) in [5.74, 6) is 3.79. The van der Waals surface area contributed by atoms with Crippen molar-refractivity contribution in [2.75, 3.05) is 17.2 Å². The van der Waals surface area contributed by atoms with Crippen LogP contribution in [0.4, 0.5) is 11.6 Å². The molecule has 0 spiro atoms. The Labute approximate surface area is 129 Å². The minimum Gasteiger partial charge on any atom is -0.370 e. The molecule has 4 heteroatoms. The summed E-state index contributed by atoms with van der Waals surface area (Å²) in [6.07, 6.45) is 7.22. The van der Waals surface area contributed by atoms with Gasteiger partial charge in [0.05, 0.1) is 0 Å². The van der Waals surface area contributed by atoms with Crippen LogP contribution in [0.25, 0.3) is 0 Å². The molecule has 1 heterocycles. The number of aromatic nitrogens is 2. The summed E-state index contributed by atoms with van der Waals surface area (Å²) < 4.78 is 0. The van der Waals surface area contributed by atoms with Gasteiger partial charge in [0.15, 0.2) is 0 Å². The highest BCUT2D eigenvalue weighted by atomic mass is 15.1. The summed E-state index contributed by atoms with van der Waals surface area (Å²) in [5.41, 5.74) is 1.15. The molecule has 0 aromatic carbocycles. The number of hydrogen-bond donors (Lipinski definition) is 2. The average molecular weight is 290 g/mol. The molecular formula is C17H30N4. The summed E-state index contributed by atoms with van der Waals surface area (Å²) >= 11 is 0. The second-order valence-electron chi connectivity index (χ2n) is 6.36. The predicted molar refractivity (Wildman–Crippen MR) is 90.0 cm³/mol. The van der Waals surface area contributed by atoms with Crippen LogP contribution in [0, 0.1) is 12.8 Å². The van der Waals surface area contributed by atoms with Crippen LogP contribution >= 0.6 is 0 Å². The Morgan fingerprint density at radius 1 is 1.14 bits per heavy atom. The summed E-state index contributed by atoms with van der Waals surface area (Å²) in [7, 11) is 0. The van der Waals surface area contributed by atoms with E-state index in [1.165, 1.54) is 25.7 Å². The molecule has 2 rings (SSSR count). The maximum atomic E-state index is 4.76. The quantitative estimate of drug-likeness (QED) is 0.826. The molecule has 0 amide bonds.